The molecule has 17 heavy (non-hydrogen) atoms. The molecule has 0 saturated heterocycles. The number of nitrogens with two attached hydrogens (primary N) is 1. The number of hydrogen-bond acceptors (Lipinski definition) is 2. The lowest BCUT2D eigenvalue weighted by Crippen LogP contribution is -2.40. The Kier molecular flexibility index (Phi) is 5.91. The lowest BCUT2D eigenvalue weighted by Gasteiger charge is -2.25. The zero-order valence-corrected chi connectivity index (χ0v) is 11.6. The van der Waals surface area contributed by atoms with Crippen molar-refractivity contribution < 1.29 is 0 Å². The average Bonchev–Trinajstić information content (AvgIpc) is 2.36. The van der Waals surface area contributed by atoms with Crippen LogP contribution in [0.15, 0.2) is 35.3 Å². The lowest BCUT2D eigenvalue weighted by atomic mass is 10.2. The Hall–Kier alpha value is -1.16. The monoisotopic (exact) mass is 251 g/mol. The number of para-hydroxylation sites is 1. The van der Waals surface area contributed by atoms with Gasteiger partial charge in [0.15, 0.2) is 5.96 Å². The van der Waals surface area contributed by atoms with Gasteiger partial charge in [-0.2, -0.15) is 11.8 Å². The molecule has 0 spiro atoms. The Labute approximate surface area is 108 Å². The molecule has 1 aromatic rings. The van der Waals surface area contributed by atoms with E-state index in [2.05, 4.69) is 18.2 Å². The van der Waals surface area contributed by atoms with Crippen molar-refractivity contribution in [3.8, 4) is 0 Å². The van der Waals surface area contributed by atoms with E-state index < -0.39 is 0 Å². The third kappa shape index (κ3) is 4.69. The Balaban J connectivity index is 2.62. The Bertz CT molecular complexity index is 351. The van der Waals surface area contributed by atoms with E-state index in [0.29, 0.717) is 12.0 Å². The number of hydrogen-bond donors (Lipinski definition) is 1. The number of rotatable bonds is 5. The average molecular weight is 251 g/mol. The summed E-state index contributed by atoms with van der Waals surface area (Å²) in [4.78, 5) is 6.43. The lowest BCUT2D eigenvalue weighted by molar-refractivity contribution is 0.379. The molecule has 0 radical (unpaired) electrons. The maximum atomic E-state index is 5.99. The van der Waals surface area contributed by atoms with Gasteiger partial charge in [-0.15, -0.1) is 0 Å². The van der Waals surface area contributed by atoms with Crippen LogP contribution in [0.5, 0.6) is 0 Å². The molecule has 0 aliphatic rings. The highest BCUT2D eigenvalue weighted by Gasteiger charge is 2.10. The minimum absolute atomic E-state index is 0.412. The second kappa shape index (κ2) is 7.22. The summed E-state index contributed by atoms with van der Waals surface area (Å²) in [6, 6.07) is 10.2. The summed E-state index contributed by atoms with van der Waals surface area (Å²) in [5, 5.41) is 0. The largest absolute Gasteiger partial charge is 0.369 e. The van der Waals surface area contributed by atoms with Gasteiger partial charge in [0.25, 0.3) is 0 Å². The van der Waals surface area contributed by atoms with Crippen molar-refractivity contribution in [2.45, 2.75) is 19.4 Å². The van der Waals surface area contributed by atoms with Crippen LogP contribution in [0.3, 0.4) is 0 Å². The molecule has 94 valence electrons. The summed E-state index contributed by atoms with van der Waals surface area (Å²) in [7, 11) is 1.99. The van der Waals surface area contributed by atoms with Crippen LogP contribution in [0, 0.1) is 0 Å². The van der Waals surface area contributed by atoms with E-state index in [0.717, 1.165) is 17.9 Å². The molecule has 0 aliphatic carbocycles. The molecule has 2 N–H and O–H groups in total. The maximum absolute atomic E-state index is 5.99. The normalized spacial score (nSPS) is 13.5. The van der Waals surface area contributed by atoms with Crippen molar-refractivity contribution in [2.75, 3.05) is 19.1 Å². The van der Waals surface area contributed by atoms with Gasteiger partial charge in [0, 0.05) is 13.1 Å². The van der Waals surface area contributed by atoms with Gasteiger partial charge in [0.2, 0.25) is 0 Å². The predicted molar refractivity (Wildman–Crippen MR) is 77.9 cm³/mol. The molecule has 0 heterocycles. The highest BCUT2D eigenvalue weighted by atomic mass is 32.2. The first-order chi connectivity index (χ1) is 8.15. The van der Waals surface area contributed by atoms with E-state index in [1.165, 1.54) is 0 Å². The fourth-order valence-corrected chi connectivity index (χ4v) is 2.00. The number of nitrogens with zero attached hydrogens (tertiary/aromatic N) is 2. The predicted octanol–water partition coefficient (Wildman–Crippen LogP) is 2.71. The Morgan fingerprint density at radius 1 is 1.41 bits per heavy atom. The molecule has 1 unspecified atom stereocenters. The highest BCUT2D eigenvalue weighted by molar-refractivity contribution is 7.98. The quantitative estimate of drug-likeness (QED) is 0.646. The zero-order valence-electron chi connectivity index (χ0n) is 10.8. The summed E-state index contributed by atoms with van der Waals surface area (Å²) in [5.74, 6) is 1.72. The topological polar surface area (TPSA) is 41.6 Å². The highest BCUT2D eigenvalue weighted by Crippen LogP contribution is 2.11. The molecule has 3 nitrogen and oxygen atoms in total. The first kappa shape index (κ1) is 13.9. The van der Waals surface area contributed by atoms with Gasteiger partial charge >= 0.3 is 0 Å². The molecular formula is C13H21N3S. The smallest absolute Gasteiger partial charge is 0.196 e. The molecule has 0 bridgehead atoms. The second-order valence-corrected chi connectivity index (χ2v) is 5.03. The third-order valence-corrected chi connectivity index (χ3v) is 3.41. The fourth-order valence-electron chi connectivity index (χ4n) is 1.42. The van der Waals surface area contributed by atoms with E-state index in [1.54, 1.807) is 0 Å². The Morgan fingerprint density at radius 2 is 2.06 bits per heavy atom. The van der Waals surface area contributed by atoms with Crippen LogP contribution in [0.4, 0.5) is 5.69 Å². The maximum Gasteiger partial charge on any atom is 0.196 e. The first-order valence-electron chi connectivity index (χ1n) is 5.76. The van der Waals surface area contributed by atoms with Gasteiger partial charge in [0.1, 0.15) is 0 Å². The fraction of sp³-hybridized carbons (Fsp3) is 0.462. The SMILES string of the molecule is CSCCC(C)N(C)C(N)=Nc1ccccc1. The van der Waals surface area contributed by atoms with Crippen LogP contribution in [-0.4, -0.2) is 36.0 Å². The van der Waals surface area contributed by atoms with Crippen LogP contribution < -0.4 is 5.73 Å². The molecule has 1 aromatic carbocycles. The van der Waals surface area contributed by atoms with Crippen molar-refractivity contribution in [3.05, 3.63) is 30.3 Å². The molecule has 1 atom stereocenters. The minimum atomic E-state index is 0.412. The minimum Gasteiger partial charge on any atom is -0.369 e. The van der Waals surface area contributed by atoms with E-state index >= 15 is 0 Å². The molecular weight excluding hydrogens is 230 g/mol. The summed E-state index contributed by atoms with van der Waals surface area (Å²) >= 11 is 1.86. The number of thioether (sulfide) groups is 1. The number of aliphatic imine (C=N–C) groups is 1. The van der Waals surface area contributed by atoms with Crippen LogP contribution in [0.1, 0.15) is 13.3 Å². The Morgan fingerprint density at radius 3 is 2.65 bits per heavy atom. The zero-order chi connectivity index (χ0) is 12.7. The summed E-state index contributed by atoms with van der Waals surface area (Å²) in [5.41, 5.74) is 6.89. The van der Waals surface area contributed by atoms with Gasteiger partial charge in [-0.3, -0.25) is 0 Å². The number of benzene rings is 1. The summed E-state index contributed by atoms with van der Waals surface area (Å²) in [6.45, 7) is 2.17. The molecule has 0 aliphatic heterocycles. The molecule has 0 aromatic heterocycles. The summed E-state index contributed by atoms with van der Waals surface area (Å²) < 4.78 is 0. The van der Waals surface area contributed by atoms with Crippen LogP contribution in [0.2, 0.25) is 0 Å². The van der Waals surface area contributed by atoms with E-state index in [-0.39, 0.29) is 0 Å². The summed E-state index contributed by atoms with van der Waals surface area (Å²) in [6.07, 6.45) is 3.23. The van der Waals surface area contributed by atoms with Crippen molar-refractivity contribution in [3.63, 3.8) is 0 Å². The molecule has 4 heteroatoms. The van der Waals surface area contributed by atoms with Crippen LogP contribution >= 0.6 is 11.8 Å². The molecule has 0 saturated carbocycles. The standard InChI is InChI=1S/C13H21N3S/c1-11(9-10-17-3)16(2)13(14)15-12-7-5-4-6-8-12/h4-8,11H,9-10H2,1-3H3,(H2,14,15). The van der Waals surface area contributed by atoms with E-state index in [4.69, 9.17) is 5.73 Å². The van der Waals surface area contributed by atoms with E-state index in [9.17, 15) is 0 Å². The van der Waals surface area contributed by atoms with Crippen LogP contribution in [0.25, 0.3) is 0 Å². The first-order valence-corrected chi connectivity index (χ1v) is 7.15. The molecule has 1 rings (SSSR count). The third-order valence-electron chi connectivity index (χ3n) is 2.76. The van der Waals surface area contributed by atoms with Crippen molar-refractivity contribution in [2.24, 2.45) is 10.7 Å². The van der Waals surface area contributed by atoms with E-state index in [1.807, 2.05) is 54.0 Å². The van der Waals surface area contributed by atoms with Gasteiger partial charge in [0.05, 0.1) is 5.69 Å². The van der Waals surface area contributed by atoms with Gasteiger partial charge in [-0.25, -0.2) is 4.99 Å². The van der Waals surface area contributed by atoms with Crippen LogP contribution in [-0.2, 0) is 0 Å². The van der Waals surface area contributed by atoms with Gasteiger partial charge in [-0.1, -0.05) is 18.2 Å². The van der Waals surface area contributed by atoms with Crippen molar-refractivity contribution in [1.82, 2.24) is 4.90 Å². The van der Waals surface area contributed by atoms with Crippen molar-refractivity contribution >= 4 is 23.4 Å². The second-order valence-electron chi connectivity index (χ2n) is 4.05. The van der Waals surface area contributed by atoms with Gasteiger partial charge in [-0.05, 0) is 37.5 Å². The van der Waals surface area contributed by atoms with Gasteiger partial charge < -0.3 is 10.6 Å². The molecule has 0 fully saturated rings. The number of guanidine groups is 1. The van der Waals surface area contributed by atoms with Crippen molar-refractivity contribution in [1.29, 1.82) is 0 Å². The molecule has 0 amide bonds.